The molecule has 0 aliphatic heterocycles. The highest BCUT2D eigenvalue weighted by Crippen LogP contribution is 2.28. The third-order valence-electron chi connectivity index (χ3n) is 3.35. The number of rotatable bonds is 2. The Morgan fingerprint density at radius 1 is 1.21 bits per heavy atom. The normalized spacial score (nSPS) is 26.4. The van der Waals surface area contributed by atoms with Crippen molar-refractivity contribution >= 4 is 5.69 Å². The van der Waals surface area contributed by atoms with E-state index in [9.17, 15) is 0 Å². The number of aryl methyl sites for hydroxylation is 1. The van der Waals surface area contributed by atoms with Gasteiger partial charge in [0.05, 0.1) is 0 Å². The zero-order chi connectivity index (χ0) is 9.97. The first kappa shape index (κ1) is 9.57. The Morgan fingerprint density at radius 2 is 2.00 bits per heavy atom. The summed E-state index contributed by atoms with van der Waals surface area (Å²) in [5, 5.41) is 3.66. The highest BCUT2D eigenvalue weighted by Gasteiger charge is 2.22. The molecule has 0 heterocycles. The molecule has 14 heavy (non-hydrogen) atoms. The minimum absolute atomic E-state index is 0.691. The summed E-state index contributed by atoms with van der Waals surface area (Å²) in [6.07, 6.45) is 4.09. The van der Waals surface area contributed by atoms with Gasteiger partial charge in [-0.05, 0) is 37.3 Å². The second-order valence-corrected chi connectivity index (χ2v) is 4.47. The summed E-state index contributed by atoms with van der Waals surface area (Å²) in [4.78, 5) is 0. The van der Waals surface area contributed by atoms with E-state index in [0.717, 1.165) is 5.92 Å². The molecule has 1 aliphatic rings. The number of benzene rings is 1. The van der Waals surface area contributed by atoms with Crippen molar-refractivity contribution in [2.24, 2.45) is 5.92 Å². The number of nitrogens with one attached hydrogen (secondary N) is 1. The van der Waals surface area contributed by atoms with Crippen molar-refractivity contribution in [3.8, 4) is 0 Å². The maximum atomic E-state index is 3.66. The van der Waals surface area contributed by atoms with Crippen LogP contribution in [0.5, 0.6) is 0 Å². The number of hydrogen-bond donors (Lipinski definition) is 1. The van der Waals surface area contributed by atoms with E-state index < -0.39 is 0 Å². The molecule has 0 amide bonds. The van der Waals surface area contributed by atoms with Crippen LogP contribution >= 0.6 is 0 Å². The Balaban J connectivity index is 2.07. The van der Waals surface area contributed by atoms with E-state index in [1.165, 1.54) is 30.5 Å². The van der Waals surface area contributed by atoms with Gasteiger partial charge in [0.2, 0.25) is 0 Å². The van der Waals surface area contributed by atoms with Crippen LogP contribution in [0.4, 0.5) is 5.69 Å². The van der Waals surface area contributed by atoms with Crippen LogP contribution < -0.4 is 5.32 Å². The molecule has 0 bridgehead atoms. The van der Waals surface area contributed by atoms with Crippen molar-refractivity contribution in [2.45, 2.75) is 39.2 Å². The van der Waals surface area contributed by atoms with Crippen LogP contribution in [0.15, 0.2) is 24.3 Å². The maximum absolute atomic E-state index is 3.66. The predicted molar refractivity (Wildman–Crippen MR) is 61.6 cm³/mol. The summed E-state index contributed by atoms with van der Waals surface area (Å²) < 4.78 is 0. The van der Waals surface area contributed by atoms with Crippen LogP contribution in [0.25, 0.3) is 0 Å². The average Bonchev–Trinajstić information content (AvgIpc) is 2.56. The molecular weight excluding hydrogens is 170 g/mol. The minimum atomic E-state index is 0.691. The monoisotopic (exact) mass is 189 g/mol. The molecular formula is C13H19N. The first-order chi connectivity index (χ1) is 6.77. The highest BCUT2D eigenvalue weighted by molar-refractivity contribution is 5.51. The van der Waals surface area contributed by atoms with Crippen LogP contribution in [0.1, 0.15) is 31.7 Å². The number of anilines is 1. The molecule has 1 heteroatoms. The molecule has 1 fully saturated rings. The molecule has 1 saturated carbocycles. The minimum Gasteiger partial charge on any atom is -0.382 e. The molecule has 1 nitrogen and oxygen atoms in total. The van der Waals surface area contributed by atoms with E-state index >= 15 is 0 Å². The van der Waals surface area contributed by atoms with Crippen LogP contribution in [0, 0.1) is 12.8 Å². The van der Waals surface area contributed by atoms with Crippen LogP contribution in [0.3, 0.4) is 0 Å². The second kappa shape index (κ2) is 4.04. The van der Waals surface area contributed by atoms with Crippen molar-refractivity contribution < 1.29 is 0 Å². The van der Waals surface area contributed by atoms with Gasteiger partial charge in [-0.25, -0.2) is 0 Å². The summed E-state index contributed by atoms with van der Waals surface area (Å²) in [7, 11) is 0. The first-order valence-corrected chi connectivity index (χ1v) is 5.59. The van der Waals surface area contributed by atoms with E-state index in [0.29, 0.717) is 6.04 Å². The molecule has 0 aromatic heterocycles. The molecule has 1 aliphatic carbocycles. The van der Waals surface area contributed by atoms with Gasteiger partial charge in [-0.2, -0.15) is 0 Å². The van der Waals surface area contributed by atoms with Gasteiger partial charge in [0, 0.05) is 11.7 Å². The fraction of sp³-hybridized carbons (Fsp3) is 0.538. The molecule has 76 valence electrons. The Bertz CT molecular complexity index is 306. The largest absolute Gasteiger partial charge is 0.382 e. The van der Waals surface area contributed by atoms with E-state index in [4.69, 9.17) is 0 Å². The summed E-state index contributed by atoms with van der Waals surface area (Å²) in [5.41, 5.74) is 2.66. The van der Waals surface area contributed by atoms with Crippen molar-refractivity contribution in [2.75, 3.05) is 5.32 Å². The Labute approximate surface area is 86.5 Å². The van der Waals surface area contributed by atoms with Gasteiger partial charge in [-0.3, -0.25) is 0 Å². The number of para-hydroxylation sites is 1. The van der Waals surface area contributed by atoms with Gasteiger partial charge >= 0.3 is 0 Å². The quantitative estimate of drug-likeness (QED) is 0.749. The standard InChI is InChI=1S/C13H19N/c1-10-6-3-4-8-12(10)14-13-9-5-7-11(13)2/h3-4,6,8,11,13-14H,5,7,9H2,1-2H3/t11-,13+/m1/s1. The molecule has 2 rings (SSSR count). The topological polar surface area (TPSA) is 12.0 Å². The molecule has 1 aromatic carbocycles. The highest BCUT2D eigenvalue weighted by atomic mass is 14.9. The Morgan fingerprint density at radius 3 is 2.64 bits per heavy atom. The lowest BCUT2D eigenvalue weighted by Gasteiger charge is -2.19. The van der Waals surface area contributed by atoms with Crippen LogP contribution in [-0.2, 0) is 0 Å². The van der Waals surface area contributed by atoms with E-state index in [2.05, 4.69) is 43.4 Å². The molecule has 0 spiro atoms. The van der Waals surface area contributed by atoms with Gasteiger partial charge in [0.15, 0.2) is 0 Å². The second-order valence-electron chi connectivity index (χ2n) is 4.47. The first-order valence-electron chi connectivity index (χ1n) is 5.59. The summed E-state index contributed by atoms with van der Waals surface area (Å²) in [6, 6.07) is 9.24. The third-order valence-corrected chi connectivity index (χ3v) is 3.35. The van der Waals surface area contributed by atoms with Gasteiger partial charge in [-0.15, -0.1) is 0 Å². The van der Waals surface area contributed by atoms with Crippen molar-refractivity contribution in [1.82, 2.24) is 0 Å². The van der Waals surface area contributed by atoms with Gasteiger partial charge < -0.3 is 5.32 Å². The molecule has 1 aromatic rings. The van der Waals surface area contributed by atoms with E-state index in [1.54, 1.807) is 0 Å². The van der Waals surface area contributed by atoms with Gasteiger partial charge in [-0.1, -0.05) is 31.5 Å². The lowest BCUT2D eigenvalue weighted by Crippen LogP contribution is -2.22. The van der Waals surface area contributed by atoms with E-state index in [1.807, 2.05) is 0 Å². The summed E-state index contributed by atoms with van der Waals surface area (Å²) in [6.45, 7) is 4.52. The number of hydrogen-bond acceptors (Lipinski definition) is 1. The molecule has 0 saturated heterocycles. The lowest BCUT2D eigenvalue weighted by molar-refractivity contribution is 0.556. The Hall–Kier alpha value is -0.980. The van der Waals surface area contributed by atoms with Crippen LogP contribution in [-0.4, -0.2) is 6.04 Å². The molecule has 1 N–H and O–H groups in total. The van der Waals surface area contributed by atoms with Gasteiger partial charge in [0.1, 0.15) is 0 Å². The van der Waals surface area contributed by atoms with Crippen molar-refractivity contribution in [3.63, 3.8) is 0 Å². The molecule has 0 radical (unpaired) electrons. The van der Waals surface area contributed by atoms with E-state index in [-0.39, 0.29) is 0 Å². The SMILES string of the molecule is Cc1ccccc1N[C@H]1CCC[C@H]1C. The third kappa shape index (κ3) is 1.92. The lowest BCUT2D eigenvalue weighted by atomic mass is 10.1. The molecule has 2 atom stereocenters. The summed E-state index contributed by atoms with van der Waals surface area (Å²) in [5.74, 6) is 0.828. The smallest absolute Gasteiger partial charge is 0.0372 e. The zero-order valence-electron chi connectivity index (χ0n) is 9.09. The molecule has 0 unspecified atom stereocenters. The zero-order valence-corrected chi connectivity index (χ0v) is 9.09. The van der Waals surface area contributed by atoms with Gasteiger partial charge in [0.25, 0.3) is 0 Å². The van der Waals surface area contributed by atoms with Crippen LogP contribution in [0.2, 0.25) is 0 Å². The van der Waals surface area contributed by atoms with Crippen molar-refractivity contribution in [3.05, 3.63) is 29.8 Å². The predicted octanol–water partition coefficient (Wildman–Crippen LogP) is 3.60. The average molecular weight is 189 g/mol. The fourth-order valence-electron chi connectivity index (χ4n) is 2.29. The maximum Gasteiger partial charge on any atom is 0.0372 e. The summed E-state index contributed by atoms with van der Waals surface area (Å²) >= 11 is 0. The van der Waals surface area contributed by atoms with Crippen molar-refractivity contribution in [1.29, 1.82) is 0 Å². The fourth-order valence-corrected chi connectivity index (χ4v) is 2.29. The Kier molecular flexibility index (Phi) is 2.76.